The fraction of sp³-hybridized carbons (Fsp3) is 0.462. The molecule has 0 spiro atoms. The van der Waals surface area contributed by atoms with E-state index in [-0.39, 0.29) is 11.3 Å². The summed E-state index contributed by atoms with van der Waals surface area (Å²) in [6.07, 6.45) is 1.02. The Morgan fingerprint density at radius 1 is 1.39 bits per heavy atom. The Labute approximate surface area is 111 Å². The number of nitrogens with one attached hydrogen (secondary N) is 1. The van der Waals surface area contributed by atoms with E-state index >= 15 is 0 Å². The maximum atomic E-state index is 13.1. The van der Waals surface area contributed by atoms with E-state index in [0.29, 0.717) is 11.6 Å². The van der Waals surface area contributed by atoms with Crippen molar-refractivity contribution in [3.05, 3.63) is 34.6 Å². The van der Waals surface area contributed by atoms with Crippen LogP contribution >= 0.6 is 11.6 Å². The van der Waals surface area contributed by atoms with Gasteiger partial charge in [0.2, 0.25) is 0 Å². The number of hydrogen-bond acceptors (Lipinski definition) is 3. The zero-order chi connectivity index (χ0) is 13.0. The van der Waals surface area contributed by atoms with Crippen LogP contribution in [0, 0.1) is 5.82 Å². The molecule has 2 rings (SSSR count). The standard InChI is InChI=1S/C13H16ClFN2O/c14-12-3-2-10(15)8-11(12)13(18)9-17-6-1-4-16-5-7-17/h2-3,8,16H,1,4-7,9H2. The Balaban J connectivity index is 2.04. The number of carbonyl (C=O) groups excluding carboxylic acids is 1. The van der Waals surface area contributed by atoms with Crippen LogP contribution in [0.1, 0.15) is 16.8 Å². The van der Waals surface area contributed by atoms with Crippen LogP contribution in [0.2, 0.25) is 5.02 Å². The molecule has 98 valence electrons. The molecule has 1 saturated heterocycles. The van der Waals surface area contributed by atoms with E-state index in [1.54, 1.807) is 0 Å². The van der Waals surface area contributed by atoms with Gasteiger partial charge in [0.15, 0.2) is 5.78 Å². The molecule has 1 heterocycles. The Kier molecular flexibility index (Phi) is 4.69. The molecule has 1 aromatic carbocycles. The molecule has 1 fully saturated rings. The minimum atomic E-state index is -0.430. The summed E-state index contributed by atoms with van der Waals surface area (Å²) in [5, 5.41) is 3.59. The van der Waals surface area contributed by atoms with E-state index in [4.69, 9.17) is 11.6 Å². The van der Waals surface area contributed by atoms with Crippen LogP contribution in [-0.2, 0) is 0 Å². The van der Waals surface area contributed by atoms with Crippen molar-refractivity contribution in [3.63, 3.8) is 0 Å². The topological polar surface area (TPSA) is 32.3 Å². The van der Waals surface area contributed by atoms with Crippen LogP contribution < -0.4 is 5.32 Å². The number of halogens is 2. The highest BCUT2D eigenvalue weighted by Gasteiger charge is 2.16. The van der Waals surface area contributed by atoms with Gasteiger partial charge in [-0.1, -0.05) is 11.6 Å². The third kappa shape index (κ3) is 3.51. The van der Waals surface area contributed by atoms with Gasteiger partial charge in [-0.25, -0.2) is 4.39 Å². The first-order valence-electron chi connectivity index (χ1n) is 6.08. The second kappa shape index (κ2) is 6.27. The quantitative estimate of drug-likeness (QED) is 0.853. The summed E-state index contributed by atoms with van der Waals surface area (Å²) in [6.45, 7) is 3.87. The second-order valence-electron chi connectivity index (χ2n) is 4.43. The molecule has 3 nitrogen and oxygen atoms in total. The molecular weight excluding hydrogens is 255 g/mol. The normalized spacial score (nSPS) is 17.4. The van der Waals surface area contributed by atoms with Crippen molar-refractivity contribution in [1.29, 1.82) is 0 Å². The minimum absolute atomic E-state index is 0.124. The smallest absolute Gasteiger partial charge is 0.178 e. The maximum absolute atomic E-state index is 13.1. The van der Waals surface area contributed by atoms with Crippen molar-refractivity contribution in [3.8, 4) is 0 Å². The van der Waals surface area contributed by atoms with E-state index < -0.39 is 5.82 Å². The van der Waals surface area contributed by atoms with Crippen LogP contribution in [0.5, 0.6) is 0 Å². The zero-order valence-corrected chi connectivity index (χ0v) is 10.8. The number of Topliss-reactive ketones (excluding diaryl/α,β-unsaturated/α-hetero) is 1. The highest BCUT2D eigenvalue weighted by Crippen LogP contribution is 2.18. The monoisotopic (exact) mass is 270 g/mol. The average molecular weight is 271 g/mol. The molecule has 0 aliphatic carbocycles. The molecule has 0 aromatic heterocycles. The fourth-order valence-corrected chi connectivity index (χ4v) is 2.28. The first-order chi connectivity index (χ1) is 8.66. The van der Waals surface area contributed by atoms with E-state index in [2.05, 4.69) is 10.2 Å². The largest absolute Gasteiger partial charge is 0.315 e. The highest BCUT2D eigenvalue weighted by molar-refractivity contribution is 6.34. The van der Waals surface area contributed by atoms with E-state index in [9.17, 15) is 9.18 Å². The molecule has 0 saturated carbocycles. The lowest BCUT2D eigenvalue weighted by atomic mass is 10.1. The molecular formula is C13H16ClFN2O. The Hall–Kier alpha value is -0.970. The first kappa shape index (κ1) is 13.5. The zero-order valence-electron chi connectivity index (χ0n) is 10.1. The molecule has 0 atom stereocenters. The van der Waals surface area contributed by atoms with Crippen molar-refractivity contribution in [2.45, 2.75) is 6.42 Å². The van der Waals surface area contributed by atoms with Gasteiger partial charge in [0.25, 0.3) is 0 Å². The number of ketones is 1. The van der Waals surface area contributed by atoms with Crippen molar-refractivity contribution >= 4 is 17.4 Å². The molecule has 1 aromatic rings. The lowest BCUT2D eigenvalue weighted by molar-refractivity contribution is 0.0935. The van der Waals surface area contributed by atoms with Crippen molar-refractivity contribution in [1.82, 2.24) is 10.2 Å². The third-order valence-corrected chi connectivity index (χ3v) is 3.36. The van der Waals surface area contributed by atoms with Gasteiger partial charge in [0.1, 0.15) is 5.82 Å². The van der Waals surface area contributed by atoms with E-state index in [1.807, 2.05) is 0 Å². The minimum Gasteiger partial charge on any atom is -0.315 e. The molecule has 1 aliphatic rings. The molecule has 0 bridgehead atoms. The number of carbonyl (C=O) groups is 1. The van der Waals surface area contributed by atoms with Gasteiger partial charge in [0.05, 0.1) is 11.6 Å². The van der Waals surface area contributed by atoms with Crippen LogP contribution in [0.3, 0.4) is 0 Å². The predicted molar refractivity (Wildman–Crippen MR) is 69.7 cm³/mol. The lowest BCUT2D eigenvalue weighted by Gasteiger charge is -2.18. The van der Waals surface area contributed by atoms with Gasteiger partial charge in [-0.2, -0.15) is 0 Å². The molecule has 1 aliphatic heterocycles. The van der Waals surface area contributed by atoms with Gasteiger partial charge < -0.3 is 5.32 Å². The van der Waals surface area contributed by atoms with Gasteiger partial charge in [-0.15, -0.1) is 0 Å². The summed E-state index contributed by atoms with van der Waals surface area (Å²) < 4.78 is 13.1. The molecule has 18 heavy (non-hydrogen) atoms. The Morgan fingerprint density at radius 2 is 2.22 bits per heavy atom. The van der Waals surface area contributed by atoms with Gasteiger partial charge >= 0.3 is 0 Å². The molecule has 0 unspecified atom stereocenters. The SMILES string of the molecule is O=C(CN1CCCNCC1)c1cc(F)ccc1Cl. The summed E-state index contributed by atoms with van der Waals surface area (Å²) in [5.74, 6) is -0.554. The predicted octanol–water partition coefficient (Wildman–Crippen LogP) is 1.96. The third-order valence-electron chi connectivity index (χ3n) is 3.03. The number of benzene rings is 1. The van der Waals surface area contributed by atoms with Crippen molar-refractivity contribution < 1.29 is 9.18 Å². The second-order valence-corrected chi connectivity index (χ2v) is 4.83. The number of nitrogens with zero attached hydrogens (tertiary/aromatic N) is 1. The maximum Gasteiger partial charge on any atom is 0.178 e. The Morgan fingerprint density at radius 3 is 3.06 bits per heavy atom. The van der Waals surface area contributed by atoms with Crippen LogP contribution in [0.4, 0.5) is 4.39 Å². The molecule has 0 radical (unpaired) electrons. The molecule has 0 amide bonds. The van der Waals surface area contributed by atoms with Crippen LogP contribution in [0.25, 0.3) is 0 Å². The Bertz CT molecular complexity index is 431. The molecule has 5 heteroatoms. The highest BCUT2D eigenvalue weighted by atomic mass is 35.5. The summed E-state index contributed by atoms with van der Waals surface area (Å²) in [7, 11) is 0. The van der Waals surface area contributed by atoms with Crippen molar-refractivity contribution in [2.24, 2.45) is 0 Å². The lowest BCUT2D eigenvalue weighted by Crippen LogP contribution is -2.33. The average Bonchev–Trinajstić information content (AvgIpc) is 2.61. The van der Waals surface area contributed by atoms with Gasteiger partial charge in [-0.05, 0) is 37.7 Å². The molecule has 1 N–H and O–H groups in total. The fourth-order valence-electron chi connectivity index (χ4n) is 2.06. The van der Waals surface area contributed by atoms with Crippen LogP contribution in [-0.4, -0.2) is 43.4 Å². The summed E-state index contributed by atoms with van der Waals surface area (Å²) in [4.78, 5) is 14.2. The summed E-state index contributed by atoms with van der Waals surface area (Å²) in [6, 6.07) is 3.89. The van der Waals surface area contributed by atoms with Crippen molar-refractivity contribution in [2.75, 3.05) is 32.7 Å². The van der Waals surface area contributed by atoms with Crippen LogP contribution in [0.15, 0.2) is 18.2 Å². The van der Waals surface area contributed by atoms with E-state index in [1.165, 1.54) is 18.2 Å². The van der Waals surface area contributed by atoms with E-state index in [0.717, 1.165) is 32.6 Å². The summed E-state index contributed by atoms with van der Waals surface area (Å²) >= 11 is 5.92. The first-order valence-corrected chi connectivity index (χ1v) is 6.46. The number of rotatable bonds is 3. The van der Waals surface area contributed by atoms with Gasteiger partial charge in [-0.3, -0.25) is 9.69 Å². The van der Waals surface area contributed by atoms with Gasteiger partial charge in [0, 0.05) is 18.7 Å². The summed E-state index contributed by atoms with van der Waals surface area (Å²) in [5.41, 5.74) is 0.272. The number of hydrogen-bond donors (Lipinski definition) is 1.